The topological polar surface area (TPSA) is 98.1 Å². The first-order chi connectivity index (χ1) is 14.2. The minimum atomic E-state index is -3.92. The maximum atomic E-state index is 12.9. The number of aryl methyl sites for hydroxylation is 1. The van der Waals surface area contributed by atoms with Crippen LogP contribution in [-0.2, 0) is 21.2 Å². The summed E-state index contributed by atoms with van der Waals surface area (Å²) in [6, 6.07) is 16.0. The summed E-state index contributed by atoms with van der Waals surface area (Å²) in [4.78, 5) is 24.5. The molecule has 0 saturated carbocycles. The van der Waals surface area contributed by atoms with Crippen LogP contribution in [0.3, 0.4) is 0 Å². The summed E-state index contributed by atoms with van der Waals surface area (Å²) in [7, 11) is -3.92. The van der Waals surface area contributed by atoms with Crippen molar-refractivity contribution < 1.29 is 13.2 Å². The van der Waals surface area contributed by atoms with Crippen LogP contribution in [0.4, 0.5) is 5.69 Å². The molecule has 0 saturated heterocycles. The predicted octanol–water partition coefficient (Wildman–Crippen LogP) is 3.15. The first-order valence-corrected chi connectivity index (χ1v) is 10.9. The Morgan fingerprint density at radius 3 is 2.40 bits per heavy atom. The number of hydrogen-bond acceptors (Lipinski definition) is 5. The van der Waals surface area contributed by atoms with E-state index in [-0.39, 0.29) is 15.8 Å². The molecule has 0 unspecified atom stereocenters. The van der Waals surface area contributed by atoms with E-state index in [1.165, 1.54) is 12.1 Å². The Balaban J connectivity index is 1.85. The van der Waals surface area contributed by atoms with Crippen molar-refractivity contribution in [1.29, 1.82) is 0 Å². The van der Waals surface area contributed by atoms with Crippen LogP contribution < -0.4 is 10.9 Å². The highest BCUT2D eigenvalue weighted by molar-refractivity contribution is 7.91. The second kappa shape index (κ2) is 8.62. The van der Waals surface area contributed by atoms with Gasteiger partial charge in [0.25, 0.3) is 5.56 Å². The Kier molecular flexibility index (Phi) is 6.17. The molecule has 0 atom stereocenters. The first kappa shape index (κ1) is 21.4. The van der Waals surface area contributed by atoms with E-state index >= 15 is 0 Å². The van der Waals surface area contributed by atoms with E-state index in [0.29, 0.717) is 5.69 Å². The fraction of sp³-hybridized carbons (Fsp3) is 0.227. The van der Waals surface area contributed by atoms with Crippen LogP contribution in [0.25, 0.3) is 0 Å². The molecule has 0 aliphatic rings. The van der Waals surface area contributed by atoms with Gasteiger partial charge in [-0.25, -0.2) is 13.1 Å². The van der Waals surface area contributed by atoms with Crippen LogP contribution >= 0.6 is 0 Å². The Hall–Kier alpha value is -3.26. The van der Waals surface area contributed by atoms with Gasteiger partial charge in [0.05, 0.1) is 4.90 Å². The summed E-state index contributed by atoms with van der Waals surface area (Å²) < 4.78 is 26.7. The Morgan fingerprint density at radius 2 is 1.77 bits per heavy atom. The van der Waals surface area contributed by atoms with Crippen LogP contribution in [0.2, 0.25) is 0 Å². The van der Waals surface area contributed by atoms with Crippen LogP contribution in [0.5, 0.6) is 0 Å². The monoisotopic (exact) mass is 425 g/mol. The zero-order valence-electron chi connectivity index (χ0n) is 17.0. The van der Waals surface area contributed by atoms with Crippen molar-refractivity contribution in [2.45, 2.75) is 43.2 Å². The second-order valence-electron chi connectivity index (χ2n) is 7.31. The van der Waals surface area contributed by atoms with Crippen molar-refractivity contribution in [1.82, 2.24) is 9.78 Å². The molecule has 156 valence electrons. The highest BCUT2D eigenvalue weighted by Crippen LogP contribution is 2.21. The summed E-state index contributed by atoms with van der Waals surface area (Å²) in [6.07, 6.45) is 0. The number of amides is 1. The lowest BCUT2D eigenvalue weighted by Gasteiger charge is -2.10. The number of nitrogens with one attached hydrogen (secondary N) is 1. The van der Waals surface area contributed by atoms with Crippen LogP contribution in [0.15, 0.2) is 75.4 Å². The van der Waals surface area contributed by atoms with E-state index in [9.17, 15) is 18.0 Å². The molecular formula is C22H23N3O4S. The van der Waals surface area contributed by atoms with E-state index in [0.717, 1.165) is 27.9 Å². The molecule has 1 aromatic heterocycles. The summed E-state index contributed by atoms with van der Waals surface area (Å²) in [5.74, 6) is -0.209. The molecular weight excluding hydrogens is 402 g/mol. The minimum Gasteiger partial charge on any atom is -0.324 e. The largest absolute Gasteiger partial charge is 0.324 e. The number of anilines is 1. The van der Waals surface area contributed by atoms with E-state index < -0.39 is 27.8 Å². The molecule has 0 bridgehead atoms. The van der Waals surface area contributed by atoms with Crippen LogP contribution in [0.1, 0.15) is 30.9 Å². The van der Waals surface area contributed by atoms with Gasteiger partial charge in [-0.1, -0.05) is 38.1 Å². The molecule has 1 amide bonds. The number of sulfone groups is 1. The summed E-state index contributed by atoms with van der Waals surface area (Å²) in [6.45, 7) is 5.53. The van der Waals surface area contributed by atoms with Gasteiger partial charge in [0.2, 0.25) is 15.7 Å². The predicted molar refractivity (Wildman–Crippen MR) is 114 cm³/mol. The molecule has 30 heavy (non-hydrogen) atoms. The average molecular weight is 426 g/mol. The van der Waals surface area contributed by atoms with E-state index in [4.69, 9.17) is 0 Å². The third kappa shape index (κ3) is 4.83. The maximum absolute atomic E-state index is 12.9. The first-order valence-electron chi connectivity index (χ1n) is 9.46. The number of carbonyl (C=O) groups is 1. The third-order valence-electron chi connectivity index (χ3n) is 4.57. The summed E-state index contributed by atoms with van der Waals surface area (Å²) in [5.41, 5.74) is 2.00. The Bertz CT molecular complexity index is 1230. The van der Waals surface area contributed by atoms with Crippen molar-refractivity contribution in [2.24, 2.45) is 0 Å². The molecule has 0 radical (unpaired) electrons. The highest BCUT2D eigenvalue weighted by atomic mass is 32.2. The lowest BCUT2D eigenvalue weighted by Crippen LogP contribution is -2.30. The zero-order valence-corrected chi connectivity index (χ0v) is 17.8. The molecule has 0 fully saturated rings. The molecule has 1 N–H and O–H groups in total. The number of hydrogen-bond donors (Lipinski definition) is 1. The molecule has 8 heteroatoms. The maximum Gasteiger partial charge on any atom is 0.267 e. The smallest absolute Gasteiger partial charge is 0.267 e. The quantitative estimate of drug-likeness (QED) is 0.654. The summed E-state index contributed by atoms with van der Waals surface area (Å²) >= 11 is 0. The van der Waals surface area contributed by atoms with Gasteiger partial charge in [-0.2, -0.15) is 5.10 Å². The highest BCUT2D eigenvalue weighted by Gasteiger charge is 2.21. The number of aromatic nitrogens is 2. The molecule has 3 rings (SSSR count). The molecule has 0 aliphatic carbocycles. The van der Waals surface area contributed by atoms with Gasteiger partial charge in [-0.3, -0.25) is 9.59 Å². The van der Waals surface area contributed by atoms with Crippen LogP contribution in [-0.4, -0.2) is 24.1 Å². The molecule has 0 spiro atoms. The fourth-order valence-corrected chi connectivity index (χ4v) is 4.09. The average Bonchev–Trinajstić information content (AvgIpc) is 2.69. The number of rotatable bonds is 6. The molecule has 7 nitrogen and oxygen atoms in total. The Labute approximate surface area is 175 Å². The van der Waals surface area contributed by atoms with Gasteiger partial charge >= 0.3 is 0 Å². The third-order valence-corrected chi connectivity index (χ3v) is 6.23. The second-order valence-corrected chi connectivity index (χ2v) is 9.21. The van der Waals surface area contributed by atoms with Gasteiger partial charge in [0, 0.05) is 11.8 Å². The lowest BCUT2D eigenvalue weighted by atomic mass is 10.0. The van der Waals surface area contributed by atoms with E-state index in [2.05, 4.69) is 10.4 Å². The number of benzene rings is 2. The van der Waals surface area contributed by atoms with Gasteiger partial charge in [0.15, 0.2) is 5.03 Å². The zero-order chi connectivity index (χ0) is 21.9. The minimum absolute atomic E-state index is 0.0776. The summed E-state index contributed by atoms with van der Waals surface area (Å²) in [5, 5.41) is 6.32. The lowest BCUT2D eigenvalue weighted by molar-refractivity contribution is -0.117. The Morgan fingerprint density at radius 1 is 1.07 bits per heavy atom. The number of carbonyl (C=O) groups excluding carboxylic acids is 1. The van der Waals surface area contributed by atoms with Crippen LogP contribution in [0, 0.1) is 6.92 Å². The fourth-order valence-electron chi connectivity index (χ4n) is 2.90. The van der Waals surface area contributed by atoms with E-state index in [1.54, 1.807) is 30.3 Å². The van der Waals surface area contributed by atoms with Crippen molar-refractivity contribution in [3.63, 3.8) is 0 Å². The van der Waals surface area contributed by atoms with Gasteiger partial charge in [0.1, 0.15) is 6.54 Å². The molecule has 3 aromatic rings. The molecule has 1 heterocycles. The number of nitrogens with zero attached hydrogens (tertiary/aromatic N) is 2. The van der Waals surface area contributed by atoms with Crippen molar-refractivity contribution >= 4 is 21.4 Å². The van der Waals surface area contributed by atoms with E-state index in [1.807, 2.05) is 26.8 Å². The van der Waals surface area contributed by atoms with Gasteiger partial charge < -0.3 is 5.32 Å². The van der Waals surface area contributed by atoms with Crippen molar-refractivity contribution in [2.75, 3.05) is 5.32 Å². The SMILES string of the molecule is Cc1cccc(NC(=O)Cn2nc(S(=O)(=O)c3ccc(C(C)C)cc3)ccc2=O)c1. The molecule has 2 aromatic carbocycles. The van der Waals surface area contributed by atoms with Gasteiger partial charge in [-0.15, -0.1) is 0 Å². The molecule has 0 aliphatic heterocycles. The van der Waals surface area contributed by atoms with Crippen molar-refractivity contribution in [3.05, 3.63) is 82.1 Å². The standard InChI is InChI=1S/C22H23N3O4S/c1-15(2)17-7-9-19(10-8-17)30(28,29)21-11-12-22(27)25(24-21)14-20(26)23-18-6-4-5-16(3)13-18/h4-13,15H,14H2,1-3H3,(H,23,26). The van der Waals surface area contributed by atoms with Gasteiger partial charge in [-0.05, 0) is 54.3 Å². The van der Waals surface area contributed by atoms with Crippen molar-refractivity contribution in [3.8, 4) is 0 Å². The normalized spacial score (nSPS) is 11.5.